The first-order chi connectivity index (χ1) is 7.70. The van der Waals surface area contributed by atoms with Crippen LogP contribution in [-0.4, -0.2) is 20.7 Å². The molecule has 0 bridgehead atoms. The average molecular weight is 217 g/mol. The monoisotopic (exact) mass is 217 g/mol. The first kappa shape index (κ1) is 10.3. The number of aromatic nitrogens is 3. The number of hydrogen-bond acceptors (Lipinski definition) is 4. The molecule has 0 aliphatic carbocycles. The van der Waals surface area contributed by atoms with E-state index in [-0.39, 0.29) is 5.69 Å². The van der Waals surface area contributed by atoms with Crippen LogP contribution in [0.15, 0.2) is 30.6 Å². The molecule has 1 amide bonds. The SMILES string of the molecule is NCc1ccc(-n2ccc(C(N)=O)n2)cn1. The summed E-state index contributed by atoms with van der Waals surface area (Å²) >= 11 is 0. The predicted molar refractivity (Wildman–Crippen MR) is 57.8 cm³/mol. The standard InChI is InChI=1S/C10H11N5O/c11-5-7-1-2-8(6-13-7)15-4-3-9(14-15)10(12)16/h1-4,6H,5,11H2,(H2,12,16). The van der Waals surface area contributed by atoms with Gasteiger partial charge in [0.2, 0.25) is 0 Å². The maximum atomic E-state index is 10.9. The zero-order valence-electron chi connectivity index (χ0n) is 8.50. The Morgan fingerprint density at radius 3 is 2.69 bits per heavy atom. The highest BCUT2D eigenvalue weighted by Gasteiger charge is 2.05. The lowest BCUT2D eigenvalue weighted by atomic mass is 10.3. The van der Waals surface area contributed by atoms with Gasteiger partial charge >= 0.3 is 0 Å². The van der Waals surface area contributed by atoms with Gasteiger partial charge < -0.3 is 11.5 Å². The minimum absolute atomic E-state index is 0.225. The Labute approximate surface area is 91.9 Å². The molecule has 0 unspecified atom stereocenters. The van der Waals surface area contributed by atoms with Crippen molar-refractivity contribution in [3.63, 3.8) is 0 Å². The lowest BCUT2D eigenvalue weighted by molar-refractivity contribution is 0.0995. The molecule has 0 aliphatic rings. The highest BCUT2D eigenvalue weighted by Crippen LogP contribution is 2.06. The van der Waals surface area contributed by atoms with Gasteiger partial charge in [-0.25, -0.2) is 4.68 Å². The molecule has 0 spiro atoms. The minimum atomic E-state index is -0.551. The zero-order valence-corrected chi connectivity index (χ0v) is 8.50. The van der Waals surface area contributed by atoms with Gasteiger partial charge in [-0.3, -0.25) is 9.78 Å². The Morgan fingerprint density at radius 1 is 1.38 bits per heavy atom. The first-order valence-corrected chi connectivity index (χ1v) is 4.71. The highest BCUT2D eigenvalue weighted by molar-refractivity contribution is 5.90. The van der Waals surface area contributed by atoms with Crippen LogP contribution in [0.4, 0.5) is 0 Å². The van der Waals surface area contributed by atoms with Crippen LogP contribution in [0.5, 0.6) is 0 Å². The zero-order chi connectivity index (χ0) is 11.5. The first-order valence-electron chi connectivity index (χ1n) is 4.71. The van der Waals surface area contributed by atoms with Crippen molar-refractivity contribution in [2.24, 2.45) is 11.5 Å². The van der Waals surface area contributed by atoms with Crippen molar-refractivity contribution in [1.29, 1.82) is 0 Å². The van der Waals surface area contributed by atoms with Crippen LogP contribution in [-0.2, 0) is 6.54 Å². The van der Waals surface area contributed by atoms with Gasteiger partial charge in [0.15, 0.2) is 0 Å². The number of pyridine rings is 1. The molecule has 4 N–H and O–H groups in total. The number of primary amides is 1. The predicted octanol–water partition coefficient (Wildman–Crippen LogP) is -0.175. The Balaban J connectivity index is 2.31. The second-order valence-electron chi connectivity index (χ2n) is 3.22. The van der Waals surface area contributed by atoms with Crippen LogP contribution in [0.1, 0.15) is 16.2 Å². The summed E-state index contributed by atoms with van der Waals surface area (Å²) in [4.78, 5) is 15.0. The van der Waals surface area contributed by atoms with Gasteiger partial charge in [-0.15, -0.1) is 0 Å². The van der Waals surface area contributed by atoms with Crippen molar-refractivity contribution < 1.29 is 4.79 Å². The average Bonchev–Trinajstić information content (AvgIpc) is 2.78. The molecule has 0 saturated carbocycles. The van der Waals surface area contributed by atoms with E-state index in [9.17, 15) is 4.79 Å². The number of carbonyl (C=O) groups is 1. The molecule has 0 aliphatic heterocycles. The van der Waals surface area contributed by atoms with Gasteiger partial charge in [0.1, 0.15) is 5.69 Å². The third kappa shape index (κ3) is 1.91. The van der Waals surface area contributed by atoms with Gasteiger partial charge in [-0.05, 0) is 18.2 Å². The normalized spacial score (nSPS) is 10.3. The minimum Gasteiger partial charge on any atom is -0.364 e. The molecule has 2 heterocycles. The van der Waals surface area contributed by atoms with Gasteiger partial charge in [-0.2, -0.15) is 5.10 Å². The molecular weight excluding hydrogens is 206 g/mol. The quantitative estimate of drug-likeness (QED) is 0.745. The summed E-state index contributed by atoms with van der Waals surface area (Å²) in [5.74, 6) is -0.551. The molecule has 2 aromatic rings. The molecule has 0 saturated heterocycles. The fourth-order valence-corrected chi connectivity index (χ4v) is 1.27. The van der Waals surface area contributed by atoms with E-state index in [1.165, 1.54) is 4.68 Å². The van der Waals surface area contributed by atoms with Gasteiger partial charge in [0.25, 0.3) is 5.91 Å². The molecule has 0 fully saturated rings. The van der Waals surface area contributed by atoms with Crippen molar-refractivity contribution in [2.75, 3.05) is 0 Å². The van der Waals surface area contributed by atoms with Crippen LogP contribution in [0.2, 0.25) is 0 Å². The summed E-state index contributed by atoms with van der Waals surface area (Å²) in [6.45, 7) is 0.395. The fraction of sp³-hybridized carbons (Fsp3) is 0.100. The van der Waals surface area contributed by atoms with Gasteiger partial charge in [0, 0.05) is 12.7 Å². The van der Waals surface area contributed by atoms with Crippen molar-refractivity contribution in [1.82, 2.24) is 14.8 Å². The largest absolute Gasteiger partial charge is 0.364 e. The second kappa shape index (κ2) is 4.11. The molecule has 16 heavy (non-hydrogen) atoms. The van der Waals surface area contributed by atoms with E-state index in [1.807, 2.05) is 6.07 Å². The summed E-state index contributed by atoms with van der Waals surface area (Å²) in [6, 6.07) is 5.19. The van der Waals surface area contributed by atoms with E-state index >= 15 is 0 Å². The number of hydrogen-bond donors (Lipinski definition) is 2. The maximum absolute atomic E-state index is 10.9. The van der Waals surface area contributed by atoms with Crippen molar-refractivity contribution in [3.05, 3.63) is 42.0 Å². The molecule has 82 valence electrons. The molecule has 6 nitrogen and oxygen atoms in total. The van der Waals surface area contributed by atoms with E-state index in [0.717, 1.165) is 11.4 Å². The highest BCUT2D eigenvalue weighted by atomic mass is 16.1. The van der Waals surface area contributed by atoms with Crippen LogP contribution in [0, 0.1) is 0 Å². The summed E-state index contributed by atoms with van der Waals surface area (Å²) in [7, 11) is 0. The number of nitrogens with zero attached hydrogens (tertiary/aromatic N) is 3. The number of nitrogens with two attached hydrogens (primary N) is 2. The van der Waals surface area contributed by atoms with E-state index in [1.54, 1.807) is 24.5 Å². The summed E-state index contributed by atoms with van der Waals surface area (Å²) in [5, 5.41) is 4.01. The molecule has 0 aromatic carbocycles. The second-order valence-corrected chi connectivity index (χ2v) is 3.22. The van der Waals surface area contributed by atoms with Gasteiger partial charge in [0.05, 0.1) is 17.6 Å². The van der Waals surface area contributed by atoms with Crippen LogP contribution in [0.25, 0.3) is 5.69 Å². The van der Waals surface area contributed by atoms with E-state index in [2.05, 4.69) is 10.1 Å². The van der Waals surface area contributed by atoms with Crippen LogP contribution in [0.3, 0.4) is 0 Å². The third-order valence-corrected chi connectivity index (χ3v) is 2.12. The Morgan fingerprint density at radius 2 is 2.19 bits per heavy atom. The summed E-state index contributed by atoms with van der Waals surface area (Å²) in [6.07, 6.45) is 3.29. The smallest absolute Gasteiger partial charge is 0.269 e. The van der Waals surface area contributed by atoms with Gasteiger partial charge in [-0.1, -0.05) is 0 Å². The molecule has 2 rings (SSSR count). The molecule has 2 aromatic heterocycles. The van der Waals surface area contributed by atoms with Crippen molar-refractivity contribution in [3.8, 4) is 5.69 Å². The Kier molecular flexibility index (Phi) is 2.65. The van der Waals surface area contributed by atoms with Crippen LogP contribution < -0.4 is 11.5 Å². The Bertz CT molecular complexity index is 502. The lowest BCUT2D eigenvalue weighted by Gasteiger charge is -2.01. The lowest BCUT2D eigenvalue weighted by Crippen LogP contribution is -2.12. The van der Waals surface area contributed by atoms with E-state index in [4.69, 9.17) is 11.5 Å². The van der Waals surface area contributed by atoms with E-state index in [0.29, 0.717) is 6.54 Å². The molecule has 0 atom stereocenters. The molecule has 6 heteroatoms. The summed E-state index contributed by atoms with van der Waals surface area (Å²) in [5.41, 5.74) is 12.3. The Hall–Kier alpha value is -2.21. The maximum Gasteiger partial charge on any atom is 0.269 e. The summed E-state index contributed by atoms with van der Waals surface area (Å²) < 4.78 is 1.54. The van der Waals surface area contributed by atoms with Crippen molar-refractivity contribution >= 4 is 5.91 Å². The number of rotatable bonds is 3. The number of carbonyl (C=O) groups excluding carboxylic acids is 1. The molecule has 0 radical (unpaired) electrons. The van der Waals surface area contributed by atoms with E-state index < -0.39 is 5.91 Å². The van der Waals surface area contributed by atoms with Crippen molar-refractivity contribution in [2.45, 2.75) is 6.54 Å². The topological polar surface area (TPSA) is 99.8 Å². The molecular formula is C10H11N5O. The third-order valence-electron chi connectivity index (χ3n) is 2.12. The number of amides is 1. The fourth-order valence-electron chi connectivity index (χ4n) is 1.27. The van der Waals surface area contributed by atoms with Crippen LogP contribution >= 0.6 is 0 Å².